The van der Waals surface area contributed by atoms with E-state index in [0.717, 1.165) is 27.0 Å². The zero-order valence-corrected chi connectivity index (χ0v) is 12.4. The van der Waals surface area contributed by atoms with Crippen LogP contribution >= 0.6 is 15.9 Å². The van der Waals surface area contributed by atoms with E-state index in [2.05, 4.69) is 21.2 Å². The van der Waals surface area contributed by atoms with Gasteiger partial charge in [0, 0.05) is 7.05 Å². The molecular formula is C15H15BrFNO. The van der Waals surface area contributed by atoms with Crippen molar-refractivity contribution < 1.29 is 9.13 Å². The molecule has 2 aromatic carbocycles. The Morgan fingerprint density at radius 1 is 1.26 bits per heavy atom. The zero-order valence-electron chi connectivity index (χ0n) is 10.8. The van der Waals surface area contributed by atoms with E-state index >= 15 is 0 Å². The van der Waals surface area contributed by atoms with Crippen LogP contribution in [0, 0.1) is 12.7 Å². The second kappa shape index (κ2) is 6.06. The Morgan fingerprint density at radius 2 is 2.05 bits per heavy atom. The maximum absolute atomic E-state index is 13.0. The van der Waals surface area contributed by atoms with Crippen molar-refractivity contribution in [2.45, 2.75) is 13.5 Å². The molecule has 0 bridgehead atoms. The number of hydrogen-bond donors (Lipinski definition) is 1. The molecule has 2 rings (SSSR count). The van der Waals surface area contributed by atoms with E-state index in [9.17, 15) is 4.39 Å². The first kappa shape index (κ1) is 13.9. The van der Waals surface area contributed by atoms with E-state index < -0.39 is 0 Å². The predicted octanol–water partition coefficient (Wildman–Crippen LogP) is 4.52. The minimum absolute atomic E-state index is 0.224. The second-order valence-electron chi connectivity index (χ2n) is 4.23. The van der Waals surface area contributed by atoms with Crippen LogP contribution in [0.5, 0.6) is 5.75 Å². The Balaban J connectivity index is 2.19. The molecule has 2 nitrogen and oxygen atoms in total. The van der Waals surface area contributed by atoms with Gasteiger partial charge in [-0.2, -0.15) is 0 Å². The number of rotatable bonds is 4. The lowest BCUT2D eigenvalue weighted by Crippen LogP contribution is -2.01. The number of ether oxygens (including phenoxy) is 1. The molecule has 1 N–H and O–H groups in total. The summed E-state index contributed by atoms with van der Waals surface area (Å²) in [4.78, 5) is 0. The molecular weight excluding hydrogens is 309 g/mol. The Morgan fingerprint density at radius 3 is 2.74 bits per heavy atom. The van der Waals surface area contributed by atoms with Gasteiger partial charge in [-0.25, -0.2) is 4.39 Å². The number of anilines is 1. The van der Waals surface area contributed by atoms with Crippen molar-refractivity contribution in [3.8, 4) is 5.75 Å². The average Bonchev–Trinajstić information content (AvgIpc) is 2.39. The molecule has 0 saturated heterocycles. The summed E-state index contributed by atoms with van der Waals surface area (Å²) in [7, 11) is 1.85. The Bertz CT molecular complexity index is 586. The molecule has 0 aliphatic carbocycles. The summed E-state index contributed by atoms with van der Waals surface area (Å²) in [5.41, 5.74) is 2.77. The highest BCUT2D eigenvalue weighted by Gasteiger charge is 2.08. The van der Waals surface area contributed by atoms with Gasteiger partial charge < -0.3 is 10.1 Å². The molecule has 0 aromatic heterocycles. The average molecular weight is 324 g/mol. The van der Waals surface area contributed by atoms with E-state index in [4.69, 9.17) is 4.74 Å². The summed E-state index contributed by atoms with van der Waals surface area (Å²) >= 11 is 3.47. The summed E-state index contributed by atoms with van der Waals surface area (Å²) < 4.78 is 19.8. The van der Waals surface area contributed by atoms with Gasteiger partial charge in [-0.3, -0.25) is 0 Å². The Hall–Kier alpha value is -1.55. The minimum Gasteiger partial charge on any atom is -0.486 e. The van der Waals surface area contributed by atoms with Crippen LogP contribution in [0.25, 0.3) is 0 Å². The van der Waals surface area contributed by atoms with E-state index in [-0.39, 0.29) is 5.82 Å². The van der Waals surface area contributed by atoms with Gasteiger partial charge in [-0.05, 0) is 58.2 Å². The molecule has 2 aromatic rings. The highest BCUT2D eigenvalue weighted by Crippen LogP contribution is 2.33. The summed E-state index contributed by atoms with van der Waals surface area (Å²) in [6, 6.07) is 10.5. The first-order valence-electron chi connectivity index (χ1n) is 5.96. The lowest BCUT2D eigenvalue weighted by Gasteiger charge is -2.14. The molecule has 0 aliphatic rings. The maximum atomic E-state index is 13.0. The lowest BCUT2D eigenvalue weighted by atomic mass is 10.1. The fraction of sp³-hybridized carbons (Fsp3) is 0.200. The van der Waals surface area contributed by atoms with Gasteiger partial charge in [0.25, 0.3) is 0 Å². The number of para-hydroxylation sites is 1. The van der Waals surface area contributed by atoms with E-state index in [1.54, 1.807) is 6.07 Å². The molecule has 0 unspecified atom stereocenters. The fourth-order valence-electron chi connectivity index (χ4n) is 1.82. The molecule has 0 amide bonds. The van der Waals surface area contributed by atoms with Crippen molar-refractivity contribution in [2.24, 2.45) is 0 Å². The molecule has 0 aliphatic heterocycles. The van der Waals surface area contributed by atoms with Crippen LogP contribution in [-0.4, -0.2) is 7.05 Å². The van der Waals surface area contributed by atoms with Crippen molar-refractivity contribution >= 4 is 21.6 Å². The second-order valence-corrected chi connectivity index (χ2v) is 5.08. The molecule has 4 heteroatoms. The van der Waals surface area contributed by atoms with Crippen LogP contribution in [0.2, 0.25) is 0 Å². The molecule has 0 atom stereocenters. The van der Waals surface area contributed by atoms with Crippen LogP contribution < -0.4 is 10.1 Å². The predicted molar refractivity (Wildman–Crippen MR) is 79.2 cm³/mol. The van der Waals surface area contributed by atoms with Gasteiger partial charge in [0.05, 0.1) is 10.2 Å². The quantitative estimate of drug-likeness (QED) is 0.893. The third kappa shape index (κ3) is 3.26. The van der Waals surface area contributed by atoms with Crippen LogP contribution in [-0.2, 0) is 6.61 Å². The first-order valence-corrected chi connectivity index (χ1v) is 6.75. The minimum atomic E-state index is -0.224. The van der Waals surface area contributed by atoms with E-state index in [1.165, 1.54) is 12.1 Å². The number of aryl methyl sites for hydroxylation is 1. The van der Waals surface area contributed by atoms with Gasteiger partial charge in [-0.1, -0.05) is 12.1 Å². The van der Waals surface area contributed by atoms with E-state index in [0.29, 0.717) is 6.61 Å². The van der Waals surface area contributed by atoms with Gasteiger partial charge in [0.2, 0.25) is 0 Å². The van der Waals surface area contributed by atoms with Crippen molar-refractivity contribution in [1.82, 2.24) is 0 Å². The first-order chi connectivity index (χ1) is 9.11. The topological polar surface area (TPSA) is 21.3 Å². The van der Waals surface area contributed by atoms with Crippen LogP contribution in [0.3, 0.4) is 0 Å². The molecule has 100 valence electrons. The van der Waals surface area contributed by atoms with Crippen molar-refractivity contribution in [1.29, 1.82) is 0 Å². The lowest BCUT2D eigenvalue weighted by molar-refractivity contribution is 0.305. The maximum Gasteiger partial charge on any atom is 0.157 e. The van der Waals surface area contributed by atoms with Crippen molar-refractivity contribution in [3.05, 3.63) is 57.8 Å². The summed E-state index contributed by atoms with van der Waals surface area (Å²) in [6.45, 7) is 2.28. The zero-order chi connectivity index (χ0) is 13.8. The summed E-state index contributed by atoms with van der Waals surface area (Å²) in [5.74, 6) is 0.534. The smallest absolute Gasteiger partial charge is 0.157 e. The van der Waals surface area contributed by atoms with Gasteiger partial charge in [0.15, 0.2) is 5.75 Å². The van der Waals surface area contributed by atoms with Crippen LogP contribution in [0.1, 0.15) is 11.1 Å². The number of benzene rings is 2. The molecule has 19 heavy (non-hydrogen) atoms. The van der Waals surface area contributed by atoms with Crippen molar-refractivity contribution in [2.75, 3.05) is 12.4 Å². The molecule has 0 spiro atoms. The molecule has 0 saturated carbocycles. The third-order valence-corrected chi connectivity index (χ3v) is 3.54. The van der Waals surface area contributed by atoms with Gasteiger partial charge >= 0.3 is 0 Å². The summed E-state index contributed by atoms with van der Waals surface area (Å²) in [6.07, 6.45) is 0. The third-order valence-electron chi connectivity index (χ3n) is 2.91. The highest BCUT2D eigenvalue weighted by molar-refractivity contribution is 9.10. The summed E-state index contributed by atoms with van der Waals surface area (Å²) in [5, 5.41) is 3.08. The van der Waals surface area contributed by atoms with Crippen LogP contribution in [0.4, 0.5) is 10.1 Å². The van der Waals surface area contributed by atoms with Crippen molar-refractivity contribution in [3.63, 3.8) is 0 Å². The molecule has 0 heterocycles. The van der Waals surface area contributed by atoms with Crippen LogP contribution in [0.15, 0.2) is 40.9 Å². The molecule has 0 radical (unpaired) electrons. The molecule has 0 fully saturated rings. The number of hydrogen-bond acceptors (Lipinski definition) is 2. The Labute approximate surface area is 120 Å². The Kier molecular flexibility index (Phi) is 4.43. The number of halogens is 2. The highest BCUT2D eigenvalue weighted by atomic mass is 79.9. The van der Waals surface area contributed by atoms with Gasteiger partial charge in [-0.15, -0.1) is 0 Å². The standard InChI is InChI=1S/C15H15BrFNO/c1-10-8-12(17)7-6-11(10)9-19-15-13(16)4-3-5-14(15)18-2/h3-8,18H,9H2,1-2H3. The fourth-order valence-corrected chi connectivity index (χ4v) is 2.30. The van der Waals surface area contributed by atoms with E-state index in [1.807, 2.05) is 32.2 Å². The number of nitrogens with one attached hydrogen (secondary N) is 1. The normalized spacial score (nSPS) is 10.3. The SMILES string of the molecule is CNc1cccc(Br)c1OCc1ccc(F)cc1C. The monoisotopic (exact) mass is 323 g/mol. The largest absolute Gasteiger partial charge is 0.486 e. The van der Waals surface area contributed by atoms with Gasteiger partial charge in [0.1, 0.15) is 12.4 Å².